The molecule has 0 saturated carbocycles. The van der Waals surface area contributed by atoms with E-state index in [0.717, 1.165) is 61.2 Å². The Morgan fingerprint density at radius 3 is 1.75 bits per heavy atom. The fourth-order valence-electron chi connectivity index (χ4n) is 5.14. The van der Waals surface area contributed by atoms with E-state index >= 15 is 0 Å². The number of ether oxygens (including phenoxy) is 7. The van der Waals surface area contributed by atoms with E-state index in [0.29, 0.717) is 105 Å². The molecule has 0 fully saturated rings. The zero-order chi connectivity index (χ0) is 38.4. The molecule has 14 nitrogen and oxygen atoms in total. The average molecular weight is 750 g/mol. The second kappa shape index (κ2) is 29.3. The van der Waals surface area contributed by atoms with Crippen LogP contribution in [0.4, 0.5) is 5.69 Å². The van der Waals surface area contributed by atoms with Crippen LogP contribution in [0.25, 0.3) is 11.0 Å². The first-order valence-corrected chi connectivity index (χ1v) is 19.1. The highest BCUT2D eigenvalue weighted by molar-refractivity contribution is 5.98. The number of likely N-dealkylation sites (N-methyl/N-ethyl adjacent to an activating group) is 1. The Morgan fingerprint density at radius 2 is 1.23 bits per heavy atom. The van der Waals surface area contributed by atoms with Gasteiger partial charge in [-0.3, -0.25) is 4.79 Å². The van der Waals surface area contributed by atoms with Gasteiger partial charge in [0.15, 0.2) is 5.78 Å². The Bertz CT molecular complexity index is 1380. The van der Waals surface area contributed by atoms with Gasteiger partial charge in [0.05, 0.1) is 119 Å². The van der Waals surface area contributed by atoms with E-state index in [2.05, 4.69) is 48.8 Å². The van der Waals surface area contributed by atoms with Crippen molar-refractivity contribution in [3.8, 4) is 0 Å². The van der Waals surface area contributed by atoms with Crippen LogP contribution in [0.1, 0.15) is 50.4 Å². The van der Waals surface area contributed by atoms with Gasteiger partial charge in [-0.05, 0) is 45.4 Å². The number of hydrogen-bond donors (Lipinski definition) is 0. The smallest absolute Gasteiger partial charge is 0.347 e. The van der Waals surface area contributed by atoms with Crippen molar-refractivity contribution in [2.75, 3.05) is 151 Å². The van der Waals surface area contributed by atoms with Crippen molar-refractivity contribution in [3.63, 3.8) is 0 Å². The molecule has 2 rings (SSSR count). The van der Waals surface area contributed by atoms with Crippen LogP contribution in [0.2, 0.25) is 0 Å². The monoisotopic (exact) mass is 749 g/mol. The van der Waals surface area contributed by atoms with Gasteiger partial charge in [0.1, 0.15) is 17.7 Å². The summed E-state index contributed by atoms with van der Waals surface area (Å²) in [6, 6.07) is 10.0. The van der Waals surface area contributed by atoms with Crippen LogP contribution in [-0.4, -0.2) is 162 Å². The molecule has 1 aromatic heterocycles. The maximum Gasteiger partial charge on any atom is 0.347 e. The van der Waals surface area contributed by atoms with Gasteiger partial charge >= 0.3 is 5.63 Å². The zero-order valence-electron chi connectivity index (χ0n) is 32.9. The summed E-state index contributed by atoms with van der Waals surface area (Å²) in [6.07, 6.45) is 1.71. The second-order valence-corrected chi connectivity index (χ2v) is 12.8. The third kappa shape index (κ3) is 21.4. The Morgan fingerprint density at radius 1 is 0.698 bits per heavy atom. The van der Waals surface area contributed by atoms with E-state index in [1.165, 1.54) is 0 Å². The van der Waals surface area contributed by atoms with Gasteiger partial charge in [-0.15, -0.1) is 0 Å². The molecular weight excluding hydrogens is 684 g/mol. The maximum atomic E-state index is 12.7. The molecule has 0 aliphatic carbocycles. The first kappa shape index (κ1) is 46.1. The average Bonchev–Trinajstić information content (AvgIpc) is 3.14. The largest absolute Gasteiger partial charge is 0.422 e. The fourth-order valence-corrected chi connectivity index (χ4v) is 5.14. The number of ketones is 1. The number of rotatable bonds is 34. The molecule has 0 aliphatic heterocycles. The normalized spacial score (nSPS) is 11.6. The number of Topliss-reactive ketones (excluding diaryl/α,β-unsaturated/α-hetero) is 1. The van der Waals surface area contributed by atoms with E-state index in [1.807, 2.05) is 25.1 Å². The molecule has 0 saturated heterocycles. The number of quaternary nitrogens is 1. The number of nitrogens with zero attached hydrogens (tertiary/aromatic N) is 4. The lowest BCUT2D eigenvalue weighted by Crippen LogP contribution is -2.43. The summed E-state index contributed by atoms with van der Waals surface area (Å²) in [5, 5.41) is 0.729. The van der Waals surface area contributed by atoms with Crippen LogP contribution in [-0.2, 0) is 33.2 Å². The van der Waals surface area contributed by atoms with Crippen molar-refractivity contribution in [2.24, 2.45) is 9.98 Å². The lowest BCUT2D eigenvalue weighted by molar-refractivity contribution is -0.890. The molecule has 0 aliphatic rings. The molecular formula is C39H65N4O10+. The van der Waals surface area contributed by atoms with Crippen LogP contribution >= 0.6 is 0 Å². The van der Waals surface area contributed by atoms with E-state index < -0.39 is 5.63 Å². The highest BCUT2D eigenvalue weighted by Crippen LogP contribution is 2.22. The quantitative estimate of drug-likeness (QED) is 0.0331. The molecule has 0 atom stereocenters. The minimum atomic E-state index is -0.607. The first-order valence-electron chi connectivity index (χ1n) is 19.1. The fraction of sp³-hybridized carbons (Fsp3) is 0.718. The number of aliphatic imine (C=N–C) groups is 2. The van der Waals surface area contributed by atoms with E-state index in [9.17, 15) is 9.59 Å². The van der Waals surface area contributed by atoms with E-state index in [1.54, 1.807) is 6.07 Å². The molecule has 300 valence electrons. The van der Waals surface area contributed by atoms with Crippen LogP contribution in [0.3, 0.4) is 0 Å². The van der Waals surface area contributed by atoms with Gasteiger partial charge in [-0.1, -0.05) is 0 Å². The molecule has 1 heterocycles. The Labute approximate surface area is 316 Å². The van der Waals surface area contributed by atoms with Crippen LogP contribution in [0.5, 0.6) is 0 Å². The molecule has 53 heavy (non-hydrogen) atoms. The summed E-state index contributed by atoms with van der Waals surface area (Å²) in [7, 11) is 4.40. The van der Waals surface area contributed by atoms with Crippen LogP contribution in [0.15, 0.2) is 43.5 Å². The Kier molecular flexibility index (Phi) is 25.5. The SMILES string of the molecule is CCN=C=NCCC[N+](C)(C)CCOCCOCCOCCOCCOCCOCCOCCCC(=O)c1cc2ccc(N(CC)CC)cc2oc1=O. The third-order valence-electron chi connectivity index (χ3n) is 8.25. The summed E-state index contributed by atoms with van der Waals surface area (Å²) >= 11 is 0. The number of benzene rings is 1. The number of anilines is 1. The van der Waals surface area contributed by atoms with Gasteiger partial charge in [0.25, 0.3) is 0 Å². The number of fused-ring (bicyclic) bond motifs is 1. The minimum absolute atomic E-state index is 0.0759. The highest BCUT2D eigenvalue weighted by Gasteiger charge is 2.15. The van der Waals surface area contributed by atoms with Gasteiger partial charge in [0.2, 0.25) is 0 Å². The van der Waals surface area contributed by atoms with Gasteiger partial charge in [-0.25, -0.2) is 14.8 Å². The van der Waals surface area contributed by atoms with Crippen molar-refractivity contribution in [1.29, 1.82) is 0 Å². The topological polar surface area (TPSA) is 140 Å². The molecule has 1 aromatic carbocycles. The summed E-state index contributed by atoms with van der Waals surface area (Å²) in [5.41, 5.74) is 0.931. The Balaban J connectivity index is 1.33. The molecule has 0 radical (unpaired) electrons. The van der Waals surface area contributed by atoms with Gasteiger partial charge < -0.3 is 47.0 Å². The van der Waals surface area contributed by atoms with Crippen molar-refractivity contribution in [3.05, 3.63) is 40.2 Å². The maximum absolute atomic E-state index is 12.7. The van der Waals surface area contributed by atoms with Crippen molar-refractivity contribution in [1.82, 2.24) is 0 Å². The molecule has 0 N–H and O–H groups in total. The molecule has 14 heteroatoms. The van der Waals surface area contributed by atoms with Crippen molar-refractivity contribution >= 4 is 28.4 Å². The number of carbonyl (C=O) groups is 1. The summed E-state index contributed by atoms with van der Waals surface area (Å²) in [5.74, 6) is -0.248. The van der Waals surface area contributed by atoms with Crippen LogP contribution in [0, 0.1) is 0 Å². The first-order chi connectivity index (χ1) is 25.8. The minimum Gasteiger partial charge on any atom is -0.422 e. The molecule has 0 bridgehead atoms. The number of carbonyl (C=O) groups excluding carboxylic acids is 1. The standard InChI is InChI=1S/C39H65N4O10/c1-6-40-33-41-14-10-15-43(4,5)16-18-47-20-22-49-24-26-51-28-30-52-29-27-50-25-23-48-21-19-46-17-9-11-37(44)36-31-34-12-13-35(42(7-2)8-3)32-38(34)53-39(36)45/h12-13,31-32H,6-11,14-30H2,1-5H3/q+1. The van der Waals surface area contributed by atoms with Crippen LogP contribution < -0.4 is 10.5 Å². The molecule has 0 spiro atoms. The van der Waals surface area contributed by atoms with E-state index in [4.69, 9.17) is 37.6 Å². The van der Waals surface area contributed by atoms with Gasteiger partial charge in [0, 0.05) is 56.2 Å². The van der Waals surface area contributed by atoms with Crippen molar-refractivity contribution < 1.29 is 46.9 Å². The number of hydrogen-bond acceptors (Lipinski definition) is 13. The summed E-state index contributed by atoms with van der Waals surface area (Å²) in [4.78, 5) is 35.5. The third-order valence-corrected chi connectivity index (χ3v) is 8.25. The molecule has 0 amide bonds. The predicted octanol–water partition coefficient (Wildman–Crippen LogP) is 4.38. The van der Waals surface area contributed by atoms with Gasteiger partial charge in [-0.2, -0.15) is 0 Å². The summed E-state index contributed by atoms with van der Waals surface area (Å²) in [6.45, 7) is 18.2. The van der Waals surface area contributed by atoms with E-state index in [-0.39, 0.29) is 17.8 Å². The Hall–Kier alpha value is -3.04. The second-order valence-electron chi connectivity index (χ2n) is 12.8. The predicted molar refractivity (Wildman–Crippen MR) is 207 cm³/mol. The van der Waals surface area contributed by atoms with Crippen molar-refractivity contribution in [2.45, 2.75) is 40.0 Å². The molecule has 0 unspecified atom stereocenters. The lowest BCUT2D eigenvalue weighted by atomic mass is 10.1. The zero-order valence-corrected chi connectivity index (χ0v) is 32.9. The lowest BCUT2D eigenvalue weighted by Gasteiger charge is -2.29. The molecule has 2 aromatic rings. The summed E-state index contributed by atoms with van der Waals surface area (Å²) < 4.78 is 45.3. The highest BCUT2D eigenvalue weighted by atomic mass is 16.6.